The standard InChI is InChI=1S/C25H26Cl2N4O2/c1-16-21(17(2)31(29-16)23-10-9-19(26)14-22(23)27)15-24(32)28-20-8-6-7-18(13-20)25(33)30-11-4-3-5-12-30/h6-10,13-14H,3-5,11-12,15H2,1-2H3,(H,28,32). The van der Waals surface area contributed by atoms with Crippen LogP contribution in [0.25, 0.3) is 5.69 Å². The van der Waals surface area contributed by atoms with Gasteiger partial charge in [-0.15, -0.1) is 0 Å². The number of likely N-dealkylation sites (tertiary alicyclic amines) is 1. The molecule has 0 radical (unpaired) electrons. The number of nitrogens with one attached hydrogen (secondary N) is 1. The zero-order chi connectivity index (χ0) is 23.5. The van der Waals surface area contributed by atoms with E-state index in [0.29, 0.717) is 27.0 Å². The first-order valence-corrected chi connectivity index (χ1v) is 11.8. The van der Waals surface area contributed by atoms with Crippen molar-refractivity contribution in [2.24, 2.45) is 0 Å². The molecule has 172 valence electrons. The van der Waals surface area contributed by atoms with Gasteiger partial charge in [-0.1, -0.05) is 29.3 Å². The Kier molecular flexibility index (Phi) is 7.05. The molecule has 33 heavy (non-hydrogen) atoms. The molecule has 2 aromatic carbocycles. The molecule has 0 spiro atoms. The molecule has 0 saturated carbocycles. The van der Waals surface area contributed by atoms with Crippen molar-refractivity contribution >= 4 is 40.7 Å². The highest BCUT2D eigenvalue weighted by atomic mass is 35.5. The number of nitrogens with zero attached hydrogens (tertiary/aromatic N) is 3. The summed E-state index contributed by atoms with van der Waals surface area (Å²) in [5.74, 6) is -0.163. The molecule has 8 heteroatoms. The summed E-state index contributed by atoms with van der Waals surface area (Å²) in [4.78, 5) is 27.5. The highest BCUT2D eigenvalue weighted by Crippen LogP contribution is 2.27. The van der Waals surface area contributed by atoms with Crippen LogP contribution in [-0.2, 0) is 11.2 Å². The molecule has 0 bridgehead atoms. The molecule has 3 aromatic rings. The van der Waals surface area contributed by atoms with Gasteiger partial charge in [0.15, 0.2) is 0 Å². The van der Waals surface area contributed by atoms with Crippen LogP contribution in [0.2, 0.25) is 10.0 Å². The number of carbonyl (C=O) groups is 2. The van der Waals surface area contributed by atoms with Gasteiger partial charge >= 0.3 is 0 Å². The van der Waals surface area contributed by atoms with Crippen molar-refractivity contribution < 1.29 is 9.59 Å². The fraction of sp³-hybridized carbons (Fsp3) is 0.320. The van der Waals surface area contributed by atoms with Gasteiger partial charge in [-0.2, -0.15) is 5.10 Å². The Morgan fingerprint density at radius 2 is 1.79 bits per heavy atom. The smallest absolute Gasteiger partial charge is 0.253 e. The lowest BCUT2D eigenvalue weighted by molar-refractivity contribution is -0.115. The molecule has 0 atom stereocenters. The van der Waals surface area contributed by atoms with E-state index in [4.69, 9.17) is 23.2 Å². The number of carbonyl (C=O) groups excluding carboxylic acids is 2. The first-order valence-electron chi connectivity index (χ1n) is 11.0. The lowest BCUT2D eigenvalue weighted by atomic mass is 10.1. The first kappa shape index (κ1) is 23.3. The van der Waals surface area contributed by atoms with Crippen LogP contribution in [-0.4, -0.2) is 39.6 Å². The summed E-state index contributed by atoms with van der Waals surface area (Å²) < 4.78 is 1.73. The largest absolute Gasteiger partial charge is 0.339 e. The maximum Gasteiger partial charge on any atom is 0.253 e. The normalized spacial score (nSPS) is 13.8. The highest BCUT2D eigenvalue weighted by molar-refractivity contribution is 6.35. The number of aryl methyl sites for hydroxylation is 1. The van der Waals surface area contributed by atoms with Crippen LogP contribution in [0.15, 0.2) is 42.5 Å². The summed E-state index contributed by atoms with van der Waals surface area (Å²) in [7, 11) is 0. The number of hydrogen-bond acceptors (Lipinski definition) is 3. The van der Waals surface area contributed by atoms with Gasteiger partial charge in [-0.3, -0.25) is 9.59 Å². The summed E-state index contributed by atoms with van der Waals surface area (Å²) in [6.45, 7) is 5.35. The number of halogens is 2. The second-order valence-corrected chi connectivity index (χ2v) is 9.16. The van der Waals surface area contributed by atoms with E-state index in [1.807, 2.05) is 18.7 Å². The van der Waals surface area contributed by atoms with Crippen LogP contribution < -0.4 is 5.32 Å². The van der Waals surface area contributed by atoms with Gasteiger partial charge in [-0.05, 0) is 69.5 Å². The minimum atomic E-state index is -0.175. The zero-order valence-corrected chi connectivity index (χ0v) is 20.2. The maximum atomic E-state index is 12.8. The summed E-state index contributed by atoms with van der Waals surface area (Å²) in [6.07, 6.45) is 3.40. The Morgan fingerprint density at radius 3 is 2.52 bits per heavy atom. The van der Waals surface area contributed by atoms with Crippen LogP contribution in [0.5, 0.6) is 0 Å². The zero-order valence-electron chi connectivity index (χ0n) is 18.7. The number of anilines is 1. The fourth-order valence-corrected chi connectivity index (χ4v) is 4.68. The third-order valence-corrected chi connectivity index (χ3v) is 6.49. The van der Waals surface area contributed by atoms with Gasteiger partial charge in [0, 0.05) is 40.6 Å². The average molecular weight is 485 g/mol. The van der Waals surface area contributed by atoms with Gasteiger partial charge in [0.1, 0.15) is 0 Å². The molecule has 1 fully saturated rings. The van der Waals surface area contributed by atoms with E-state index in [1.165, 1.54) is 6.42 Å². The SMILES string of the molecule is Cc1nn(-c2ccc(Cl)cc2Cl)c(C)c1CC(=O)Nc1cccc(C(=O)N2CCCCC2)c1. The van der Waals surface area contributed by atoms with E-state index in [0.717, 1.165) is 42.9 Å². The number of piperidine rings is 1. The highest BCUT2D eigenvalue weighted by Gasteiger charge is 2.20. The number of aromatic nitrogens is 2. The van der Waals surface area contributed by atoms with Gasteiger partial charge in [0.05, 0.1) is 22.8 Å². The Hall–Kier alpha value is -2.83. The molecule has 1 aromatic heterocycles. The van der Waals surface area contributed by atoms with Crippen molar-refractivity contribution in [3.05, 3.63) is 75.0 Å². The molecule has 2 amide bonds. The van der Waals surface area contributed by atoms with E-state index in [-0.39, 0.29) is 18.2 Å². The monoisotopic (exact) mass is 484 g/mol. The third kappa shape index (κ3) is 5.23. The molecular formula is C25H26Cl2N4O2. The molecule has 2 heterocycles. The molecule has 1 N–H and O–H groups in total. The lowest BCUT2D eigenvalue weighted by Crippen LogP contribution is -2.35. The number of hydrogen-bond donors (Lipinski definition) is 1. The summed E-state index contributed by atoms with van der Waals surface area (Å²) >= 11 is 12.4. The quantitative estimate of drug-likeness (QED) is 0.512. The molecular weight excluding hydrogens is 459 g/mol. The molecule has 1 aliphatic rings. The van der Waals surface area contributed by atoms with Crippen molar-refractivity contribution in [1.29, 1.82) is 0 Å². The van der Waals surface area contributed by atoms with Crippen molar-refractivity contribution in [1.82, 2.24) is 14.7 Å². The fourth-order valence-electron chi connectivity index (χ4n) is 4.19. The maximum absolute atomic E-state index is 12.8. The van der Waals surface area contributed by atoms with Crippen molar-refractivity contribution in [3.8, 4) is 5.69 Å². The molecule has 0 aliphatic carbocycles. The van der Waals surface area contributed by atoms with Crippen molar-refractivity contribution in [2.75, 3.05) is 18.4 Å². The van der Waals surface area contributed by atoms with Crippen LogP contribution in [0, 0.1) is 13.8 Å². The predicted octanol–water partition coefficient (Wildman–Crippen LogP) is 5.60. The van der Waals surface area contributed by atoms with Crippen LogP contribution in [0.1, 0.15) is 46.6 Å². The molecule has 4 rings (SSSR count). The Morgan fingerprint density at radius 1 is 1.03 bits per heavy atom. The second kappa shape index (κ2) is 9.98. The summed E-state index contributed by atoms with van der Waals surface area (Å²) in [5, 5.41) is 8.53. The Balaban J connectivity index is 1.48. The van der Waals surface area contributed by atoms with E-state index in [1.54, 1.807) is 47.1 Å². The van der Waals surface area contributed by atoms with Gasteiger partial charge < -0.3 is 10.2 Å². The van der Waals surface area contributed by atoms with Crippen LogP contribution >= 0.6 is 23.2 Å². The summed E-state index contributed by atoms with van der Waals surface area (Å²) in [5.41, 5.74) is 4.32. The molecule has 6 nitrogen and oxygen atoms in total. The third-order valence-electron chi connectivity index (χ3n) is 5.95. The average Bonchev–Trinajstić information content (AvgIpc) is 3.07. The van der Waals surface area contributed by atoms with Gasteiger partial charge in [0.25, 0.3) is 5.91 Å². The Labute approximate surface area is 203 Å². The number of rotatable bonds is 5. The van der Waals surface area contributed by atoms with Gasteiger partial charge in [-0.25, -0.2) is 4.68 Å². The number of benzene rings is 2. The second-order valence-electron chi connectivity index (χ2n) is 8.32. The van der Waals surface area contributed by atoms with E-state index in [9.17, 15) is 9.59 Å². The Bertz CT molecular complexity index is 1200. The lowest BCUT2D eigenvalue weighted by Gasteiger charge is -2.26. The van der Waals surface area contributed by atoms with Crippen molar-refractivity contribution in [2.45, 2.75) is 39.5 Å². The number of amides is 2. The molecule has 0 unspecified atom stereocenters. The van der Waals surface area contributed by atoms with E-state index >= 15 is 0 Å². The van der Waals surface area contributed by atoms with Gasteiger partial charge in [0.2, 0.25) is 5.91 Å². The molecule has 1 aliphatic heterocycles. The van der Waals surface area contributed by atoms with Crippen LogP contribution in [0.4, 0.5) is 5.69 Å². The predicted molar refractivity (Wildman–Crippen MR) is 132 cm³/mol. The minimum absolute atomic E-state index is 0.0126. The first-order chi connectivity index (χ1) is 15.8. The van der Waals surface area contributed by atoms with E-state index in [2.05, 4.69) is 10.4 Å². The summed E-state index contributed by atoms with van der Waals surface area (Å²) in [6, 6.07) is 12.3. The molecule has 1 saturated heterocycles. The topological polar surface area (TPSA) is 67.2 Å². The van der Waals surface area contributed by atoms with Crippen LogP contribution in [0.3, 0.4) is 0 Å². The van der Waals surface area contributed by atoms with Crippen molar-refractivity contribution in [3.63, 3.8) is 0 Å². The van der Waals surface area contributed by atoms with E-state index < -0.39 is 0 Å². The minimum Gasteiger partial charge on any atom is -0.339 e.